The second-order valence-electron chi connectivity index (χ2n) is 6.66. The third-order valence-corrected chi connectivity index (χ3v) is 5.57. The summed E-state index contributed by atoms with van der Waals surface area (Å²) in [5.41, 5.74) is 2.73. The summed E-state index contributed by atoms with van der Waals surface area (Å²) in [6.07, 6.45) is 3.30. The van der Waals surface area contributed by atoms with Crippen LogP contribution in [-0.2, 0) is 0 Å². The largest absolute Gasteiger partial charge is 0.495 e. The Morgan fingerprint density at radius 2 is 2.00 bits per heavy atom. The van der Waals surface area contributed by atoms with Gasteiger partial charge in [0.15, 0.2) is 0 Å². The highest BCUT2D eigenvalue weighted by Gasteiger charge is 2.21. The maximum Gasteiger partial charge on any atom is 0.209 e. The van der Waals surface area contributed by atoms with Crippen LogP contribution < -0.4 is 10.2 Å². The molecule has 0 aliphatic heterocycles. The molecule has 0 atom stereocenters. The molecule has 5 aromatic rings. The minimum absolute atomic E-state index is 0.197. The van der Waals surface area contributed by atoms with E-state index in [1.807, 2.05) is 35.7 Å². The van der Waals surface area contributed by atoms with Gasteiger partial charge in [0.1, 0.15) is 28.1 Å². The fourth-order valence-corrected chi connectivity index (χ4v) is 4.12. The summed E-state index contributed by atoms with van der Waals surface area (Å²) in [5.74, 6) is 0.910. The highest BCUT2D eigenvalue weighted by atomic mass is 32.1. The van der Waals surface area contributed by atoms with Crippen LogP contribution in [-0.4, -0.2) is 18.3 Å². The van der Waals surface area contributed by atoms with Crippen LogP contribution in [0.1, 0.15) is 11.3 Å². The molecule has 0 N–H and O–H groups in total. The number of benzene rings is 2. The molecule has 3 heterocycles. The van der Waals surface area contributed by atoms with E-state index in [-0.39, 0.29) is 5.43 Å². The molecule has 0 radical (unpaired) electrons. The van der Waals surface area contributed by atoms with Crippen molar-refractivity contribution in [2.24, 2.45) is 4.99 Å². The Balaban J connectivity index is 1.65. The second kappa shape index (κ2) is 7.27. The Morgan fingerprint density at radius 1 is 1.17 bits per heavy atom. The number of nitrogens with zero attached hydrogens (tertiary/aromatic N) is 2. The number of aliphatic imine (C=N–C) groups is 1. The van der Waals surface area contributed by atoms with Crippen molar-refractivity contribution in [2.75, 3.05) is 7.11 Å². The summed E-state index contributed by atoms with van der Waals surface area (Å²) in [6, 6.07) is 13.2. The average molecular weight is 416 g/mol. The highest BCUT2D eigenvalue weighted by Crippen LogP contribution is 2.36. The number of aromatic nitrogens is 1. The molecule has 5 rings (SSSR count). The molecule has 3 aromatic heterocycles. The molecule has 0 aliphatic rings. The first-order valence-electron chi connectivity index (χ1n) is 9.22. The summed E-state index contributed by atoms with van der Waals surface area (Å²) in [7, 11) is 1.53. The molecule has 0 unspecified atom stereocenters. The number of thiazole rings is 1. The van der Waals surface area contributed by atoms with Gasteiger partial charge in [-0.15, -0.1) is 11.3 Å². The zero-order chi connectivity index (χ0) is 20.7. The highest BCUT2D eigenvalue weighted by molar-refractivity contribution is 7.13. The third kappa shape index (κ3) is 3.00. The molecule has 30 heavy (non-hydrogen) atoms. The average Bonchev–Trinajstić information content (AvgIpc) is 3.41. The standard InChI is InChI=1S/C23H16N2O4S/c1-13-19(16-12-30-23(25-16)24-11-14-6-4-3-5-7-14)21(26)20-18(29-13)10-17-15(8-9-28-17)22(20)27-2/h3-12H,1-2H3/b24-11+. The molecular formula is C23H16N2O4S. The smallest absolute Gasteiger partial charge is 0.209 e. The third-order valence-electron chi connectivity index (χ3n) is 4.82. The number of furan rings is 1. The van der Waals surface area contributed by atoms with Gasteiger partial charge < -0.3 is 13.6 Å². The molecule has 0 saturated heterocycles. The number of rotatable bonds is 4. The quantitative estimate of drug-likeness (QED) is 0.350. The molecule has 0 amide bonds. The number of ether oxygens (including phenoxy) is 1. The van der Waals surface area contributed by atoms with Crippen molar-refractivity contribution < 1.29 is 13.6 Å². The van der Waals surface area contributed by atoms with Gasteiger partial charge in [-0.05, 0) is 18.6 Å². The lowest BCUT2D eigenvalue weighted by Crippen LogP contribution is -2.09. The Morgan fingerprint density at radius 3 is 2.80 bits per heavy atom. The summed E-state index contributed by atoms with van der Waals surface area (Å²) >= 11 is 1.36. The van der Waals surface area contributed by atoms with Gasteiger partial charge in [-0.3, -0.25) is 4.79 Å². The van der Waals surface area contributed by atoms with E-state index in [0.29, 0.717) is 44.5 Å². The van der Waals surface area contributed by atoms with Crippen molar-refractivity contribution in [3.63, 3.8) is 0 Å². The fraction of sp³-hybridized carbons (Fsp3) is 0.0870. The summed E-state index contributed by atoms with van der Waals surface area (Å²) in [5, 5.41) is 3.46. The van der Waals surface area contributed by atoms with Crippen LogP contribution in [0.5, 0.6) is 5.75 Å². The Hall–Kier alpha value is -3.71. The first-order chi connectivity index (χ1) is 14.7. The van der Waals surface area contributed by atoms with Gasteiger partial charge in [0, 0.05) is 17.7 Å². The minimum atomic E-state index is -0.197. The zero-order valence-corrected chi connectivity index (χ0v) is 17.0. The van der Waals surface area contributed by atoms with Crippen molar-refractivity contribution >= 4 is 44.6 Å². The zero-order valence-electron chi connectivity index (χ0n) is 16.2. The lowest BCUT2D eigenvalue weighted by atomic mass is 10.1. The number of aryl methyl sites for hydroxylation is 1. The van der Waals surface area contributed by atoms with E-state index >= 15 is 0 Å². The number of hydrogen-bond acceptors (Lipinski definition) is 7. The van der Waals surface area contributed by atoms with Gasteiger partial charge in [0.25, 0.3) is 0 Å². The Bertz CT molecular complexity index is 1460. The normalized spacial score (nSPS) is 11.7. The maximum atomic E-state index is 13.4. The minimum Gasteiger partial charge on any atom is -0.495 e. The second-order valence-corrected chi connectivity index (χ2v) is 7.50. The van der Waals surface area contributed by atoms with Crippen LogP contribution in [0.15, 0.2) is 72.7 Å². The molecule has 0 fully saturated rings. The first kappa shape index (κ1) is 18.3. The van der Waals surface area contributed by atoms with Crippen molar-refractivity contribution in [3.8, 4) is 17.0 Å². The van der Waals surface area contributed by atoms with E-state index in [1.54, 1.807) is 31.5 Å². The van der Waals surface area contributed by atoms with Gasteiger partial charge in [0.05, 0.1) is 30.0 Å². The molecule has 7 heteroatoms. The number of methoxy groups -OCH3 is 1. The predicted molar refractivity (Wildman–Crippen MR) is 118 cm³/mol. The topological polar surface area (TPSA) is 77.8 Å². The van der Waals surface area contributed by atoms with Gasteiger partial charge in [-0.2, -0.15) is 0 Å². The predicted octanol–water partition coefficient (Wildman–Crippen LogP) is 5.73. The monoisotopic (exact) mass is 416 g/mol. The van der Waals surface area contributed by atoms with Crippen LogP contribution in [0.4, 0.5) is 5.13 Å². The van der Waals surface area contributed by atoms with Gasteiger partial charge in [-0.25, -0.2) is 9.98 Å². The Kier molecular flexibility index (Phi) is 4.44. The van der Waals surface area contributed by atoms with Crippen LogP contribution in [0, 0.1) is 6.92 Å². The van der Waals surface area contributed by atoms with Crippen molar-refractivity contribution in [3.05, 3.63) is 75.7 Å². The molecule has 6 nitrogen and oxygen atoms in total. The first-order valence-corrected chi connectivity index (χ1v) is 10.1. The van der Waals surface area contributed by atoms with Crippen molar-refractivity contribution in [2.45, 2.75) is 6.92 Å². The van der Waals surface area contributed by atoms with Crippen LogP contribution in [0.3, 0.4) is 0 Å². The molecule has 148 valence electrons. The molecule has 0 spiro atoms. The molecular weight excluding hydrogens is 400 g/mol. The van der Waals surface area contributed by atoms with E-state index < -0.39 is 0 Å². The van der Waals surface area contributed by atoms with E-state index in [1.165, 1.54) is 18.4 Å². The summed E-state index contributed by atoms with van der Waals surface area (Å²) < 4.78 is 17.0. The summed E-state index contributed by atoms with van der Waals surface area (Å²) in [4.78, 5) is 22.4. The van der Waals surface area contributed by atoms with Crippen LogP contribution in [0.25, 0.3) is 33.2 Å². The van der Waals surface area contributed by atoms with E-state index in [9.17, 15) is 4.79 Å². The van der Waals surface area contributed by atoms with Crippen LogP contribution >= 0.6 is 11.3 Å². The Labute approximate surface area is 175 Å². The van der Waals surface area contributed by atoms with Crippen LogP contribution in [0.2, 0.25) is 0 Å². The van der Waals surface area contributed by atoms with Crippen molar-refractivity contribution in [1.82, 2.24) is 4.98 Å². The molecule has 2 aromatic carbocycles. The summed E-state index contributed by atoms with van der Waals surface area (Å²) in [6.45, 7) is 1.75. The maximum absolute atomic E-state index is 13.4. The van der Waals surface area contributed by atoms with Gasteiger partial charge in [0.2, 0.25) is 10.6 Å². The van der Waals surface area contributed by atoms with Gasteiger partial charge >= 0.3 is 0 Å². The van der Waals surface area contributed by atoms with E-state index in [0.717, 1.165) is 10.9 Å². The van der Waals surface area contributed by atoms with E-state index in [2.05, 4.69) is 9.98 Å². The molecule has 0 bridgehead atoms. The van der Waals surface area contributed by atoms with E-state index in [4.69, 9.17) is 13.6 Å². The molecule has 0 saturated carbocycles. The SMILES string of the molecule is COc1c2ccoc2cc2oc(C)c(-c3csc(/N=C/c4ccccc4)n3)c(=O)c12. The molecule has 0 aliphatic carbocycles. The lowest BCUT2D eigenvalue weighted by molar-refractivity contribution is 0.423. The number of fused-ring (bicyclic) bond motifs is 2. The van der Waals surface area contributed by atoms with Gasteiger partial charge in [-0.1, -0.05) is 30.3 Å². The number of hydrogen-bond donors (Lipinski definition) is 0. The fourth-order valence-electron chi connectivity index (χ4n) is 3.47. The lowest BCUT2D eigenvalue weighted by Gasteiger charge is -2.09. The van der Waals surface area contributed by atoms with Crippen molar-refractivity contribution in [1.29, 1.82) is 0 Å².